The molecule has 0 bridgehead atoms. The van der Waals surface area contributed by atoms with Crippen molar-refractivity contribution >= 4 is 0 Å². The minimum absolute atomic E-state index is 0.943. The Labute approximate surface area is 93.8 Å². The Morgan fingerprint density at radius 1 is 1.20 bits per heavy atom. The third-order valence-corrected chi connectivity index (χ3v) is 3.85. The molecule has 1 atom stereocenters. The number of nitrogens with zero attached hydrogens (tertiary/aromatic N) is 2. The molecule has 15 heavy (non-hydrogen) atoms. The Morgan fingerprint density at radius 2 is 2.00 bits per heavy atom. The lowest BCUT2D eigenvalue weighted by Crippen LogP contribution is -2.45. The third kappa shape index (κ3) is 3.74. The van der Waals surface area contributed by atoms with Crippen LogP contribution in [0.25, 0.3) is 0 Å². The van der Waals surface area contributed by atoms with Gasteiger partial charge in [-0.1, -0.05) is 0 Å². The van der Waals surface area contributed by atoms with E-state index in [0.29, 0.717) is 0 Å². The molecule has 0 aliphatic carbocycles. The van der Waals surface area contributed by atoms with Crippen LogP contribution in [0.5, 0.6) is 0 Å². The first-order valence-electron chi connectivity index (χ1n) is 6.46. The Balaban J connectivity index is 1.60. The summed E-state index contributed by atoms with van der Waals surface area (Å²) in [5, 5.41) is 3.50. The van der Waals surface area contributed by atoms with Crippen LogP contribution in [0.3, 0.4) is 0 Å². The van der Waals surface area contributed by atoms with Crippen LogP contribution in [0, 0.1) is 5.92 Å². The third-order valence-electron chi connectivity index (χ3n) is 3.85. The zero-order valence-electron chi connectivity index (χ0n) is 10.0. The topological polar surface area (TPSA) is 18.5 Å². The Bertz CT molecular complexity index is 170. The van der Waals surface area contributed by atoms with Gasteiger partial charge in [0.05, 0.1) is 0 Å². The molecule has 0 saturated carbocycles. The number of nitrogens with one attached hydrogen (secondary N) is 1. The van der Waals surface area contributed by atoms with E-state index in [2.05, 4.69) is 22.2 Å². The van der Waals surface area contributed by atoms with Crippen LogP contribution in [-0.4, -0.2) is 62.7 Å². The molecule has 0 amide bonds. The van der Waals surface area contributed by atoms with Gasteiger partial charge >= 0.3 is 0 Å². The van der Waals surface area contributed by atoms with Gasteiger partial charge in [0.1, 0.15) is 0 Å². The smallest absolute Gasteiger partial charge is 0.0110 e. The average Bonchev–Trinajstić information content (AvgIpc) is 2.30. The van der Waals surface area contributed by atoms with Gasteiger partial charge in [-0.25, -0.2) is 0 Å². The van der Waals surface area contributed by atoms with Crippen LogP contribution in [0.15, 0.2) is 0 Å². The number of piperidine rings is 1. The summed E-state index contributed by atoms with van der Waals surface area (Å²) in [5.41, 5.74) is 0. The first-order chi connectivity index (χ1) is 7.34. The first-order valence-corrected chi connectivity index (χ1v) is 6.46. The zero-order valence-corrected chi connectivity index (χ0v) is 10.0. The van der Waals surface area contributed by atoms with Gasteiger partial charge in [0, 0.05) is 26.2 Å². The van der Waals surface area contributed by atoms with Crippen LogP contribution in [0.4, 0.5) is 0 Å². The number of piperazine rings is 1. The van der Waals surface area contributed by atoms with Gasteiger partial charge in [-0.15, -0.1) is 0 Å². The minimum atomic E-state index is 0.943. The van der Waals surface area contributed by atoms with Crippen molar-refractivity contribution in [2.24, 2.45) is 5.92 Å². The summed E-state index contributed by atoms with van der Waals surface area (Å²) in [6.07, 6.45) is 4.23. The lowest BCUT2D eigenvalue weighted by atomic mass is 9.96. The van der Waals surface area contributed by atoms with Crippen LogP contribution >= 0.6 is 0 Å². The van der Waals surface area contributed by atoms with E-state index in [0.717, 1.165) is 5.92 Å². The van der Waals surface area contributed by atoms with E-state index >= 15 is 0 Å². The standard InChI is InChI=1S/C12H25N3/c1-14-7-9-15(10-8-14)6-4-12-3-2-5-13-11-12/h12-13H,2-11H2,1H3/t12-/m1/s1. The van der Waals surface area contributed by atoms with Gasteiger partial charge in [-0.2, -0.15) is 0 Å². The van der Waals surface area contributed by atoms with E-state index in [4.69, 9.17) is 0 Å². The second kappa shape index (κ2) is 5.83. The zero-order chi connectivity index (χ0) is 10.5. The van der Waals surface area contributed by atoms with Crippen molar-refractivity contribution in [3.63, 3.8) is 0 Å². The van der Waals surface area contributed by atoms with Crippen molar-refractivity contribution in [1.29, 1.82) is 0 Å². The molecule has 3 nitrogen and oxygen atoms in total. The van der Waals surface area contributed by atoms with Crippen molar-refractivity contribution in [3.8, 4) is 0 Å². The Morgan fingerprint density at radius 3 is 2.67 bits per heavy atom. The lowest BCUT2D eigenvalue weighted by Gasteiger charge is -2.33. The van der Waals surface area contributed by atoms with E-state index in [1.54, 1.807) is 0 Å². The van der Waals surface area contributed by atoms with E-state index in [1.807, 2.05) is 0 Å². The van der Waals surface area contributed by atoms with E-state index in [-0.39, 0.29) is 0 Å². The SMILES string of the molecule is CN1CCN(CC[C@H]2CCCNC2)CC1. The summed E-state index contributed by atoms with van der Waals surface area (Å²) < 4.78 is 0. The number of hydrogen-bond donors (Lipinski definition) is 1. The van der Waals surface area contributed by atoms with Crippen LogP contribution in [0.2, 0.25) is 0 Å². The van der Waals surface area contributed by atoms with E-state index in [9.17, 15) is 0 Å². The van der Waals surface area contributed by atoms with Crippen molar-refractivity contribution in [2.45, 2.75) is 19.3 Å². The fourth-order valence-corrected chi connectivity index (χ4v) is 2.61. The van der Waals surface area contributed by atoms with Gasteiger partial charge in [0.25, 0.3) is 0 Å². The molecule has 2 fully saturated rings. The summed E-state index contributed by atoms with van der Waals surface area (Å²) in [6, 6.07) is 0. The fraction of sp³-hybridized carbons (Fsp3) is 1.00. The van der Waals surface area contributed by atoms with Gasteiger partial charge in [0.2, 0.25) is 0 Å². The summed E-state index contributed by atoms with van der Waals surface area (Å²) in [4.78, 5) is 5.06. The molecule has 0 radical (unpaired) electrons. The minimum Gasteiger partial charge on any atom is -0.316 e. The predicted molar refractivity (Wildman–Crippen MR) is 64.1 cm³/mol. The van der Waals surface area contributed by atoms with Gasteiger partial charge in [-0.05, 0) is 51.9 Å². The normalized spacial score (nSPS) is 30.6. The molecule has 2 rings (SSSR count). The molecule has 1 N–H and O–H groups in total. The summed E-state index contributed by atoms with van der Waals surface area (Å²) in [7, 11) is 2.22. The second-order valence-electron chi connectivity index (χ2n) is 5.15. The fourth-order valence-electron chi connectivity index (χ4n) is 2.61. The van der Waals surface area contributed by atoms with Crippen molar-refractivity contribution in [1.82, 2.24) is 15.1 Å². The molecule has 0 aromatic carbocycles. The Hall–Kier alpha value is -0.120. The van der Waals surface area contributed by atoms with E-state index < -0.39 is 0 Å². The molecule has 0 unspecified atom stereocenters. The highest BCUT2D eigenvalue weighted by molar-refractivity contribution is 4.73. The van der Waals surface area contributed by atoms with Crippen LogP contribution < -0.4 is 5.32 Å². The highest BCUT2D eigenvalue weighted by Crippen LogP contribution is 2.14. The summed E-state index contributed by atoms with van der Waals surface area (Å²) >= 11 is 0. The number of hydrogen-bond acceptors (Lipinski definition) is 3. The van der Waals surface area contributed by atoms with Crippen LogP contribution in [-0.2, 0) is 0 Å². The maximum absolute atomic E-state index is 3.50. The maximum Gasteiger partial charge on any atom is 0.0110 e. The van der Waals surface area contributed by atoms with Crippen LogP contribution in [0.1, 0.15) is 19.3 Å². The molecule has 2 heterocycles. The number of likely N-dealkylation sites (N-methyl/N-ethyl adjacent to an activating group) is 1. The average molecular weight is 211 g/mol. The van der Waals surface area contributed by atoms with Gasteiger partial charge in [0.15, 0.2) is 0 Å². The molecular weight excluding hydrogens is 186 g/mol. The maximum atomic E-state index is 3.50. The number of rotatable bonds is 3. The monoisotopic (exact) mass is 211 g/mol. The first kappa shape index (κ1) is 11.4. The molecule has 0 aromatic rings. The summed E-state index contributed by atoms with van der Waals surface area (Å²) in [6.45, 7) is 8.87. The molecule has 0 spiro atoms. The molecule has 0 aromatic heterocycles. The highest BCUT2D eigenvalue weighted by Gasteiger charge is 2.17. The molecule has 3 heteroatoms. The van der Waals surface area contributed by atoms with Crippen molar-refractivity contribution < 1.29 is 0 Å². The van der Waals surface area contributed by atoms with Crippen molar-refractivity contribution in [2.75, 3.05) is 52.9 Å². The molecule has 2 saturated heterocycles. The summed E-state index contributed by atoms with van der Waals surface area (Å²) in [5.74, 6) is 0.943. The molecule has 88 valence electrons. The largest absolute Gasteiger partial charge is 0.316 e. The molecular formula is C12H25N3. The van der Waals surface area contributed by atoms with Gasteiger partial charge < -0.3 is 15.1 Å². The molecule has 2 aliphatic heterocycles. The van der Waals surface area contributed by atoms with E-state index in [1.165, 1.54) is 65.1 Å². The Kier molecular flexibility index (Phi) is 4.42. The predicted octanol–water partition coefficient (Wildman–Crippen LogP) is 0.623. The lowest BCUT2D eigenvalue weighted by molar-refractivity contribution is 0.144. The molecule has 2 aliphatic rings. The highest BCUT2D eigenvalue weighted by atomic mass is 15.2. The van der Waals surface area contributed by atoms with Gasteiger partial charge in [-0.3, -0.25) is 0 Å². The van der Waals surface area contributed by atoms with Crippen molar-refractivity contribution in [3.05, 3.63) is 0 Å². The second-order valence-corrected chi connectivity index (χ2v) is 5.15. The quantitative estimate of drug-likeness (QED) is 0.738.